The zero-order chi connectivity index (χ0) is 11.9. The van der Waals surface area contributed by atoms with E-state index in [9.17, 15) is 4.79 Å². The van der Waals surface area contributed by atoms with Crippen molar-refractivity contribution in [3.63, 3.8) is 0 Å². The van der Waals surface area contributed by atoms with Gasteiger partial charge in [-0.2, -0.15) is 5.26 Å². The Bertz CT molecular complexity index is 372. The van der Waals surface area contributed by atoms with Gasteiger partial charge in [0, 0.05) is 0 Å². The molecule has 0 saturated heterocycles. The normalized spacial score (nSPS) is 36.1. The monoisotopic (exact) mass is 219 g/mol. The van der Waals surface area contributed by atoms with Crippen molar-refractivity contribution in [2.45, 2.75) is 32.8 Å². The zero-order valence-electron chi connectivity index (χ0n) is 9.93. The number of ether oxygens (including phenoxy) is 1. The topological polar surface area (TPSA) is 50.1 Å². The molecule has 0 aromatic carbocycles. The molecule has 0 heterocycles. The molecule has 2 bridgehead atoms. The maximum Gasteiger partial charge on any atom is 0.311 e. The van der Waals surface area contributed by atoms with Crippen LogP contribution in [0.3, 0.4) is 0 Å². The number of rotatable bonds is 1. The fraction of sp³-hybridized carbons (Fsp3) is 0.692. The minimum atomic E-state index is -0.470. The second kappa shape index (κ2) is 3.62. The predicted molar refractivity (Wildman–Crippen MR) is 59.2 cm³/mol. The first-order chi connectivity index (χ1) is 7.42. The summed E-state index contributed by atoms with van der Waals surface area (Å²) in [4.78, 5) is 12.0. The van der Waals surface area contributed by atoms with Crippen LogP contribution in [-0.2, 0) is 9.53 Å². The molecule has 1 saturated carbocycles. The van der Waals surface area contributed by atoms with E-state index >= 15 is 0 Å². The van der Waals surface area contributed by atoms with Crippen molar-refractivity contribution in [1.29, 1.82) is 5.26 Å². The van der Waals surface area contributed by atoms with Crippen LogP contribution in [0.25, 0.3) is 0 Å². The van der Waals surface area contributed by atoms with Gasteiger partial charge in [-0.05, 0) is 39.0 Å². The van der Waals surface area contributed by atoms with Crippen molar-refractivity contribution in [2.75, 3.05) is 0 Å². The summed E-state index contributed by atoms with van der Waals surface area (Å²) >= 11 is 0. The SMILES string of the molecule is CC(C)(C)OC(=O)[C@@H]1[C@H](C#N)[C@H]2C=C[C@@H]1C2. The molecule has 0 amide bonds. The molecule has 0 aromatic rings. The van der Waals surface area contributed by atoms with Gasteiger partial charge >= 0.3 is 5.97 Å². The maximum atomic E-state index is 12.0. The summed E-state index contributed by atoms with van der Waals surface area (Å²) in [6, 6.07) is 2.26. The van der Waals surface area contributed by atoms with Gasteiger partial charge < -0.3 is 4.74 Å². The zero-order valence-corrected chi connectivity index (χ0v) is 9.93. The van der Waals surface area contributed by atoms with E-state index in [4.69, 9.17) is 10.00 Å². The maximum absolute atomic E-state index is 12.0. The Morgan fingerprint density at radius 1 is 1.38 bits per heavy atom. The highest BCUT2D eigenvalue weighted by molar-refractivity contribution is 5.75. The van der Waals surface area contributed by atoms with Gasteiger partial charge in [0.1, 0.15) is 5.60 Å². The smallest absolute Gasteiger partial charge is 0.311 e. The highest BCUT2D eigenvalue weighted by Gasteiger charge is 2.49. The predicted octanol–water partition coefficient (Wildman–Crippen LogP) is 2.29. The third-order valence-electron chi connectivity index (χ3n) is 3.29. The summed E-state index contributed by atoms with van der Waals surface area (Å²) in [5.74, 6) is -0.183. The lowest BCUT2D eigenvalue weighted by molar-refractivity contribution is -0.161. The third kappa shape index (κ3) is 1.84. The fourth-order valence-electron chi connectivity index (χ4n) is 2.69. The minimum Gasteiger partial charge on any atom is -0.460 e. The van der Waals surface area contributed by atoms with Crippen molar-refractivity contribution in [3.8, 4) is 6.07 Å². The summed E-state index contributed by atoms with van der Waals surface area (Å²) in [6.45, 7) is 5.57. The van der Waals surface area contributed by atoms with Crippen molar-refractivity contribution in [2.24, 2.45) is 23.7 Å². The van der Waals surface area contributed by atoms with Gasteiger partial charge in [0.15, 0.2) is 0 Å². The number of nitriles is 1. The average Bonchev–Trinajstić information content (AvgIpc) is 2.72. The quantitative estimate of drug-likeness (QED) is 0.502. The Kier molecular flexibility index (Phi) is 2.53. The van der Waals surface area contributed by atoms with Gasteiger partial charge in [-0.25, -0.2) is 0 Å². The summed E-state index contributed by atoms with van der Waals surface area (Å²) in [5, 5.41) is 9.11. The van der Waals surface area contributed by atoms with Crippen molar-refractivity contribution < 1.29 is 9.53 Å². The van der Waals surface area contributed by atoms with Crippen LogP contribution in [0.5, 0.6) is 0 Å². The molecular formula is C13H17NO2. The van der Waals surface area contributed by atoms with E-state index in [1.807, 2.05) is 20.8 Å². The molecule has 2 aliphatic rings. The molecule has 2 aliphatic carbocycles. The second-order valence-electron chi connectivity index (χ2n) is 5.66. The highest BCUT2D eigenvalue weighted by Crippen LogP contribution is 2.48. The third-order valence-corrected chi connectivity index (χ3v) is 3.29. The molecule has 0 aromatic heterocycles. The number of nitrogens with zero attached hydrogens (tertiary/aromatic N) is 1. The van der Waals surface area contributed by atoms with E-state index in [0.29, 0.717) is 0 Å². The van der Waals surface area contributed by atoms with Gasteiger partial charge in [-0.3, -0.25) is 4.79 Å². The van der Waals surface area contributed by atoms with Crippen LogP contribution in [0.2, 0.25) is 0 Å². The average molecular weight is 219 g/mol. The summed E-state index contributed by atoms with van der Waals surface area (Å²) in [6.07, 6.45) is 5.06. The molecule has 0 unspecified atom stereocenters. The van der Waals surface area contributed by atoms with Gasteiger partial charge in [-0.15, -0.1) is 0 Å². The van der Waals surface area contributed by atoms with Gasteiger partial charge in [0.05, 0.1) is 17.9 Å². The first-order valence-electron chi connectivity index (χ1n) is 5.73. The molecular weight excluding hydrogens is 202 g/mol. The molecule has 0 radical (unpaired) electrons. The molecule has 86 valence electrons. The Labute approximate surface area is 96.1 Å². The molecule has 0 aliphatic heterocycles. The highest BCUT2D eigenvalue weighted by atomic mass is 16.6. The lowest BCUT2D eigenvalue weighted by Crippen LogP contribution is -2.34. The standard InChI is InChI=1S/C13H17NO2/c1-13(2,3)16-12(15)11-9-5-4-8(6-9)10(11)7-14/h4-5,8-11H,6H2,1-3H3/t8-,9+,10+,11-/m0/s1. The summed E-state index contributed by atoms with van der Waals surface area (Å²) in [5.41, 5.74) is -0.470. The number of carbonyl (C=O) groups is 1. The van der Waals surface area contributed by atoms with Crippen LogP contribution < -0.4 is 0 Å². The lowest BCUT2D eigenvalue weighted by atomic mass is 9.84. The van der Waals surface area contributed by atoms with Crippen LogP contribution in [0, 0.1) is 35.0 Å². The number of fused-ring (bicyclic) bond motifs is 2. The summed E-state index contributed by atoms with van der Waals surface area (Å²) in [7, 11) is 0. The lowest BCUT2D eigenvalue weighted by Gasteiger charge is -2.26. The van der Waals surface area contributed by atoms with Gasteiger partial charge in [0.2, 0.25) is 0 Å². The largest absolute Gasteiger partial charge is 0.460 e. The first kappa shape index (κ1) is 11.2. The van der Waals surface area contributed by atoms with E-state index in [2.05, 4.69) is 18.2 Å². The molecule has 4 atom stereocenters. The van der Waals surface area contributed by atoms with Crippen molar-refractivity contribution >= 4 is 5.97 Å². The molecule has 0 spiro atoms. The first-order valence-corrected chi connectivity index (χ1v) is 5.73. The Balaban J connectivity index is 2.13. The van der Waals surface area contributed by atoms with Crippen LogP contribution in [-0.4, -0.2) is 11.6 Å². The van der Waals surface area contributed by atoms with Crippen LogP contribution in [0.1, 0.15) is 27.2 Å². The number of carbonyl (C=O) groups excluding carboxylic acids is 1. The minimum absolute atomic E-state index is 0.190. The Hall–Kier alpha value is -1.30. The van der Waals surface area contributed by atoms with Gasteiger partial charge in [0.25, 0.3) is 0 Å². The van der Waals surface area contributed by atoms with E-state index in [-0.39, 0.29) is 29.6 Å². The number of allylic oxidation sites excluding steroid dienone is 2. The molecule has 3 nitrogen and oxygen atoms in total. The Morgan fingerprint density at radius 3 is 2.56 bits per heavy atom. The number of hydrogen-bond donors (Lipinski definition) is 0. The van der Waals surface area contributed by atoms with Crippen molar-refractivity contribution in [1.82, 2.24) is 0 Å². The van der Waals surface area contributed by atoms with E-state index < -0.39 is 5.60 Å². The van der Waals surface area contributed by atoms with Crippen molar-refractivity contribution in [3.05, 3.63) is 12.2 Å². The molecule has 2 rings (SSSR count). The van der Waals surface area contributed by atoms with E-state index in [1.54, 1.807) is 0 Å². The van der Waals surface area contributed by atoms with Crippen LogP contribution in [0.15, 0.2) is 12.2 Å². The second-order valence-corrected chi connectivity index (χ2v) is 5.66. The van der Waals surface area contributed by atoms with Crippen LogP contribution >= 0.6 is 0 Å². The summed E-state index contributed by atoms with van der Waals surface area (Å²) < 4.78 is 5.38. The Morgan fingerprint density at radius 2 is 2.00 bits per heavy atom. The van der Waals surface area contributed by atoms with E-state index in [1.165, 1.54) is 0 Å². The number of hydrogen-bond acceptors (Lipinski definition) is 3. The molecule has 16 heavy (non-hydrogen) atoms. The molecule has 0 N–H and O–H groups in total. The van der Waals surface area contributed by atoms with Crippen LogP contribution in [0.4, 0.5) is 0 Å². The number of esters is 1. The van der Waals surface area contributed by atoms with E-state index in [0.717, 1.165) is 6.42 Å². The van der Waals surface area contributed by atoms with Gasteiger partial charge in [-0.1, -0.05) is 12.2 Å². The molecule has 1 fully saturated rings. The molecule has 3 heteroatoms. The fourth-order valence-corrected chi connectivity index (χ4v) is 2.69.